The Morgan fingerprint density at radius 1 is 1.09 bits per heavy atom. The van der Waals surface area contributed by atoms with Gasteiger partial charge in [0.1, 0.15) is 10.6 Å². The number of thioether (sulfide) groups is 1. The van der Waals surface area contributed by atoms with Crippen molar-refractivity contribution in [2.45, 2.75) is 35.1 Å². The number of fused-ring (bicyclic) bond motifs is 2. The summed E-state index contributed by atoms with van der Waals surface area (Å²) in [4.78, 5) is 14.4. The molecule has 176 valence electrons. The highest BCUT2D eigenvalue weighted by molar-refractivity contribution is 7.99. The number of nitrogens with one attached hydrogen (secondary N) is 1. The van der Waals surface area contributed by atoms with E-state index in [4.69, 9.17) is 4.74 Å². The second kappa shape index (κ2) is 9.35. The summed E-state index contributed by atoms with van der Waals surface area (Å²) < 4.78 is 34.4. The van der Waals surface area contributed by atoms with Crippen molar-refractivity contribution < 1.29 is 17.9 Å². The van der Waals surface area contributed by atoms with Crippen molar-refractivity contribution in [1.82, 2.24) is 5.32 Å². The van der Waals surface area contributed by atoms with E-state index in [-0.39, 0.29) is 22.6 Å². The van der Waals surface area contributed by atoms with Gasteiger partial charge in [-0.1, -0.05) is 36.4 Å². The van der Waals surface area contributed by atoms with E-state index in [2.05, 4.69) is 11.4 Å². The molecular weight excluding hydrogens is 468 g/mol. The van der Waals surface area contributed by atoms with Gasteiger partial charge in [0.05, 0.1) is 18.8 Å². The van der Waals surface area contributed by atoms with Crippen molar-refractivity contribution in [2.75, 3.05) is 23.7 Å². The van der Waals surface area contributed by atoms with Gasteiger partial charge in [-0.25, -0.2) is 8.42 Å². The van der Waals surface area contributed by atoms with Gasteiger partial charge >= 0.3 is 0 Å². The molecule has 0 radical (unpaired) electrons. The minimum Gasteiger partial charge on any atom is -0.495 e. The summed E-state index contributed by atoms with van der Waals surface area (Å²) in [5, 5.41) is 3.10. The average Bonchev–Trinajstić information content (AvgIpc) is 2.88. The number of nitrogens with zero attached hydrogens (tertiary/aromatic N) is 1. The third-order valence-electron chi connectivity index (χ3n) is 6.33. The SMILES string of the molecule is COc1ccc(C(=O)N[C@@H]2CCSc3ccccc32)cc1S(=O)(=O)N1CCCc2ccccc21. The number of sulfonamides is 1. The summed E-state index contributed by atoms with van der Waals surface area (Å²) in [5.74, 6) is 0.835. The Labute approximate surface area is 204 Å². The zero-order chi connectivity index (χ0) is 23.7. The number of para-hydroxylation sites is 1. The first-order chi connectivity index (χ1) is 16.5. The third-order valence-corrected chi connectivity index (χ3v) is 9.28. The zero-order valence-electron chi connectivity index (χ0n) is 18.9. The fraction of sp³-hybridized carbons (Fsp3) is 0.269. The zero-order valence-corrected chi connectivity index (χ0v) is 20.5. The number of methoxy groups -OCH3 is 1. The van der Waals surface area contributed by atoms with E-state index in [1.807, 2.05) is 42.5 Å². The van der Waals surface area contributed by atoms with E-state index in [0.29, 0.717) is 17.8 Å². The van der Waals surface area contributed by atoms with E-state index in [1.54, 1.807) is 23.9 Å². The van der Waals surface area contributed by atoms with Gasteiger partial charge in [-0.15, -0.1) is 11.8 Å². The van der Waals surface area contributed by atoms with Gasteiger partial charge in [0, 0.05) is 22.8 Å². The molecule has 2 aliphatic heterocycles. The monoisotopic (exact) mass is 494 g/mol. The third kappa shape index (κ3) is 4.16. The Balaban J connectivity index is 1.48. The second-order valence-corrected chi connectivity index (χ2v) is 11.3. The molecule has 0 saturated carbocycles. The first-order valence-corrected chi connectivity index (χ1v) is 13.7. The highest BCUT2D eigenvalue weighted by atomic mass is 32.2. The molecule has 0 aliphatic carbocycles. The van der Waals surface area contributed by atoms with E-state index in [0.717, 1.165) is 36.1 Å². The van der Waals surface area contributed by atoms with Crippen LogP contribution in [0.15, 0.2) is 76.5 Å². The molecule has 0 spiro atoms. The molecule has 2 heterocycles. The minimum atomic E-state index is -3.93. The minimum absolute atomic E-state index is 0.000970. The molecular formula is C26H26N2O4S2. The predicted octanol–water partition coefficient (Wildman–Crippen LogP) is 4.80. The molecule has 3 aromatic rings. The van der Waals surface area contributed by atoms with Crippen LogP contribution in [-0.2, 0) is 16.4 Å². The van der Waals surface area contributed by atoms with Gasteiger partial charge in [0.15, 0.2) is 0 Å². The standard InChI is InChI=1S/C26H26N2O4S2/c1-32-23-13-12-19(26(29)27-21-14-16-33-24-11-5-3-9-20(21)24)17-25(23)34(30,31)28-15-6-8-18-7-2-4-10-22(18)28/h2-5,7,9-13,17,21H,6,8,14-16H2,1H3,(H,27,29)/t21-/m1/s1. The molecule has 6 nitrogen and oxygen atoms in total. The summed E-state index contributed by atoms with van der Waals surface area (Å²) in [7, 11) is -2.49. The Kier molecular flexibility index (Phi) is 6.27. The van der Waals surface area contributed by atoms with Gasteiger partial charge in [-0.3, -0.25) is 9.10 Å². The maximum absolute atomic E-state index is 13.8. The van der Waals surface area contributed by atoms with E-state index in [9.17, 15) is 13.2 Å². The topological polar surface area (TPSA) is 75.7 Å². The molecule has 0 unspecified atom stereocenters. The molecule has 8 heteroatoms. The number of anilines is 1. The van der Waals surface area contributed by atoms with Crippen LogP contribution in [0.5, 0.6) is 5.75 Å². The molecule has 3 aromatic carbocycles. The molecule has 0 saturated heterocycles. The van der Waals surface area contributed by atoms with Crippen LogP contribution in [0.3, 0.4) is 0 Å². The summed E-state index contributed by atoms with van der Waals surface area (Å²) in [6.45, 7) is 0.384. The fourth-order valence-electron chi connectivity index (χ4n) is 4.62. The molecule has 2 aliphatic rings. The van der Waals surface area contributed by atoms with Crippen LogP contribution in [0.25, 0.3) is 0 Å². The predicted molar refractivity (Wildman–Crippen MR) is 134 cm³/mol. The smallest absolute Gasteiger partial charge is 0.268 e. The van der Waals surface area contributed by atoms with E-state index >= 15 is 0 Å². The van der Waals surface area contributed by atoms with Gasteiger partial charge in [-0.05, 0) is 60.7 Å². The fourth-order valence-corrected chi connectivity index (χ4v) is 7.47. The van der Waals surface area contributed by atoms with Crippen LogP contribution in [-0.4, -0.2) is 33.7 Å². The van der Waals surface area contributed by atoms with Crippen LogP contribution in [0.4, 0.5) is 5.69 Å². The van der Waals surface area contributed by atoms with Gasteiger partial charge < -0.3 is 10.1 Å². The highest BCUT2D eigenvalue weighted by Crippen LogP contribution is 2.37. The van der Waals surface area contributed by atoms with Crippen LogP contribution in [0, 0.1) is 0 Å². The molecule has 0 fully saturated rings. The van der Waals surface area contributed by atoms with Crippen molar-refractivity contribution in [1.29, 1.82) is 0 Å². The van der Waals surface area contributed by atoms with Crippen LogP contribution in [0.2, 0.25) is 0 Å². The molecule has 0 aromatic heterocycles. The van der Waals surface area contributed by atoms with Gasteiger partial charge in [-0.2, -0.15) is 0 Å². The lowest BCUT2D eigenvalue weighted by Gasteiger charge is -2.31. The van der Waals surface area contributed by atoms with Crippen molar-refractivity contribution in [2.24, 2.45) is 0 Å². The van der Waals surface area contributed by atoms with E-state index < -0.39 is 10.0 Å². The summed E-state index contributed by atoms with van der Waals surface area (Å²) >= 11 is 1.78. The van der Waals surface area contributed by atoms with Crippen LogP contribution < -0.4 is 14.4 Å². The number of carbonyl (C=O) groups is 1. The quantitative estimate of drug-likeness (QED) is 0.551. The first kappa shape index (κ1) is 22.8. The largest absolute Gasteiger partial charge is 0.495 e. The summed E-state index contributed by atoms with van der Waals surface area (Å²) in [5.41, 5.74) is 3.07. The molecule has 1 atom stereocenters. The molecule has 5 rings (SSSR count). The number of ether oxygens (including phenoxy) is 1. The van der Waals surface area contributed by atoms with Crippen molar-refractivity contribution in [3.63, 3.8) is 0 Å². The van der Waals surface area contributed by atoms with Crippen LogP contribution >= 0.6 is 11.8 Å². The Bertz CT molecular complexity index is 1340. The molecule has 1 amide bonds. The van der Waals surface area contributed by atoms with Gasteiger partial charge in [0.2, 0.25) is 0 Å². The lowest BCUT2D eigenvalue weighted by atomic mass is 10.0. The maximum atomic E-state index is 13.8. The number of amides is 1. The number of carbonyl (C=O) groups excluding carboxylic acids is 1. The molecule has 0 bridgehead atoms. The van der Waals surface area contributed by atoms with Crippen molar-refractivity contribution >= 4 is 33.4 Å². The maximum Gasteiger partial charge on any atom is 0.268 e. The van der Waals surface area contributed by atoms with Crippen LogP contribution in [0.1, 0.15) is 40.4 Å². The summed E-state index contributed by atoms with van der Waals surface area (Å²) in [6, 6.07) is 20.1. The van der Waals surface area contributed by atoms with E-state index in [1.165, 1.54) is 22.4 Å². The molecule has 34 heavy (non-hydrogen) atoms. The van der Waals surface area contributed by atoms with Crippen molar-refractivity contribution in [3.05, 3.63) is 83.4 Å². The normalized spacial score (nSPS) is 17.4. The number of aryl methyl sites for hydroxylation is 1. The first-order valence-electron chi connectivity index (χ1n) is 11.3. The molecule has 1 N–H and O–H groups in total. The Morgan fingerprint density at radius 3 is 2.74 bits per heavy atom. The number of rotatable bonds is 5. The lowest BCUT2D eigenvalue weighted by molar-refractivity contribution is 0.0934. The van der Waals surface area contributed by atoms with Gasteiger partial charge in [0.25, 0.3) is 15.9 Å². The Morgan fingerprint density at radius 2 is 1.88 bits per heavy atom. The average molecular weight is 495 g/mol. The second-order valence-electron chi connectivity index (χ2n) is 8.38. The summed E-state index contributed by atoms with van der Waals surface area (Å²) in [6.07, 6.45) is 2.39. The highest BCUT2D eigenvalue weighted by Gasteiger charge is 2.32. The Hall–Kier alpha value is -2.97. The number of hydrogen-bond donors (Lipinski definition) is 1. The number of hydrogen-bond acceptors (Lipinski definition) is 5. The lowest BCUT2D eigenvalue weighted by Crippen LogP contribution is -2.36. The van der Waals surface area contributed by atoms with Crippen molar-refractivity contribution in [3.8, 4) is 5.75 Å². The number of benzene rings is 3.